The van der Waals surface area contributed by atoms with Gasteiger partial charge in [0.2, 0.25) is 5.91 Å². The van der Waals surface area contributed by atoms with Crippen LogP contribution in [0.25, 0.3) is 0 Å². The Morgan fingerprint density at radius 2 is 0.697 bits per heavy atom. The van der Waals surface area contributed by atoms with Crippen molar-refractivity contribution in [1.82, 2.24) is 14.7 Å². The molecule has 0 aliphatic carbocycles. The van der Waals surface area contributed by atoms with E-state index in [1.165, 1.54) is 29.9 Å². The molecule has 7 nitrogen and oxygen atoms in total. The molecule has 99 heavy (non-hydrogen) atoms. The molecule has 2 saturated heterocycles. The number of benzene rings is 2. The second kappa shape index (κ2) is 72.9. The first-order valence-corrected chi connectivity index (χ1v) is 101. The Hall–Kier alpha value is 9.71. The fourth-order valence-corrected chi connectivity index (χ4v) is 157. The Balaban J connectivity index is 0.000000550. The minimum absolute atomic E-state index is 0.0569. The van der Waals surface area contributed by atoms with Crippen LogP contribution in [0.3, 0.4) is 0 Å². The van der Waals surface area contributed by atoms with Gasteiger partial charge in [0.15, 0.2) is 0 Å². The number of amides is 3. The summed E-state index contributed by atoms with van der Waals surface area (Å²) in [5, 5.41) is 0. The first-order chi connectivity index (χ1) is 48.2. The number of hydrogen-bond donors (Lipinski definition) is 1. The van der Waals surface area contributed by atoms with E-state index in [4.69, 9.17) is 28.1 Å². The lowest BCUT2D eigenvalue weighted by Crippen LogP contribution is -2.60. The van der Waals surface area contributed by atoms with E-state index in [0.29, 0.717) is 39.1 Å². The van der Waals surface area contributed by atoms with Crippen LogP contribution in [0, 0.1) is 11.3 Å². The summed E-state index contributed by atoms with van der Waals surface area (Å²) in [6.07, 6.45) is -2.78. The lowest BCUT2D eigenvalue weighted by atomic mass is 9.82. The number of rotatable bonds is 6. The fraction of sp³-hybridized carbons (Fsp3) is 0.533. The van der Waals surface area contributed by atoms with Crippen LogP contribution in [0.2, 0.25) is 0 Å². The minimum atomic E-state index is -4.75. The molecule has 2 aromatic rings. The lowest BCUT2D eigenvalue weighted by molar-refractivity contribution is -0.274. The van der Waals surface area contributed by atoms with Gasteiger partial charge in [0.05, 0.1) is 6.04 Å². The molecule has 3 amide bonds. The van der Waals surface area contributed by atoms with Crippen molar-refractivity contribution in [3.63, 3.8) is 0 Å². The van der Waals surface area contributed by atoms with E-state index in [-0.39, 0.29) is 35.1 Å². The van der Waals surface area contributed by atoms with Gasteiger partial charge in [-0.05, 0) is 47.4 Å². The van der Waals surface area contributed by atoms with Crippen LogP contribution >= 0.6 is 0 Å². The number of carbonyl (C=O) groups excluding carboxylic acids is 2. The molecule has 1 unspecified atom stereocenters. The molecule has 0 aromatic heterocycles. The summed E-state index contributed by atoms with van der Waals surface area (Å²) in [5.74, 6) is 0.0889. The number of likely N-dealkylation sites (tertiary alicyclic amines) is 1. The summed E-state index contributed by atoms with van der Waals surface area (Å²) in [7, 11) is 102. The number of primary amides is 1. The quantitative estimate of drug-likeness (QED) is 0.426. The zero-order valence-corrected chi connectivity index (χ0v) is 95.6. The zero-order valence-electron chi connectivity index (χ0n) is 47.4. The van der Waals surface area contributed by atoms with Crippen LogP contribution in [-0.2, 0) is 533 Å². The summed E-state index contributed by atoms with van der Waals surface area (Å²) in [5.41, 5.74) is 7.09. The van der Waals surface area contributed by atoms with E-state index in [2.05, 4.69) is 30.4 Å². The van der Waals surface area contributed by atoms with Crippen molar-refractivity contribution < 1.29 is 27.5 Å². The monoisotopic (exact) mass is 2450 g/mol. The second-order valence-electron chi connectivity index (χ2n) is 15.7. The first-order valence-electron chi connectivity index (χ1n) is 23.5. The highest BCUT2D eigenvalue weighted by molar-refractivity contribution is 8.83. The maximum Gasteiger partial charge on any atom is 0.573 e. The molecule has 0 spiro atoms. The van der Waals surface area contributed by atoms with Gasteiger partial charge in [0.1, 0.15) is 5.75 Å². The zero-order chi connectivity index (χ0) is 71.4. The molecule has 2 fully saturated rings. The molecule has 2 aliphatic heterocycles. The summed E-state index contributed by atoms with van der Waals surface area (Å²) in [4.78, 5) is 31.0. The van der Waals surface area contributed by atoms with E-state index in [1.807, 2.05) is 417 Å². The van der Waals surface area contributed by atoms with Gasteiger partial charge in [0.25, 0.3) is 0 Å². The van der Waals surface area contributed by atoms with Gasteiger partial charge in [-0.2, -0.15) is 0 Å². The Labute approximate surface area is 744 Å². The second-order valence-corrected chi connectivity index (χ2v) is 117. The molecule has 2 N–H and O–H groups in total. The molecule has 2 heterocycles. The van der Waals surface area contributed by atoms with Crippen molar-refractivity contribution in [3.05, 3.63) is 65.7 Å². The van der Waals surface area contributed by atoms with Crippen molar-refractivity contribution in [1.29, 1.82) is 0 Å². The average Bonchev–Trinajstić information content (AvgIpc) is 0.802. The number of ether oxygens (including phenoxy) is 1. The number of nitrogens with two attached hydrogens (primary N) is 1. The third-order valence-corrected chi connectivity index (χ3v) is 134. The van der Waals surface area contributed by atoms with Crippen LogP contribution in [-0.4, -0.2) is 71.8 Å². The van der Waals surface area contributed by atoms with Gasteiger partial charge in [-0.25, -0.2) is 4.79 Å². The van der Waals surface area contributed by atoms with Gasteiger partial charge in [-0.1, -0.05) is 63.2 Å². The number of nitrogens with zero attached hydrogens (tertiary/aromatic N) is 3. The Kier molecular flexibility index (Phi) is 75.8. The smallest absolute Gasteiger partial charge is 0.406 e. The predicted molar refractivity (Wildman–Crippen MR) is 581 cm³/mol. The number of piperazine rings is 1. The van der Waals surface area contributed by atoms with Crippen LogP contribution < -0.4 is 10.5 Å². The normalized spacial score (nSPS) is 12.8. The van der Waals surface area contributed by atoms with Gasteiger partial charge >= 0.3 is 12.4 Å². The number of carbonyl (C=O) groups is 2. The van der Waals surface area contributed by atoms with Crippen LogP contribution in [0.5, 0.6) is 5.75 Å². The summed E-state index contributed by atoms with van der Waals surface area (Å²) >= 11 is 9.64. The van der Waals surface area contributed by atoms with Crippen molar-refractivity contribution >= 4 is 541 Å². The SMILES string of the molecule is CC(C)(C)[C@H]1CN(C(c2ccccc2)c2ccc(OC(F)(F)F)cc2)CCN1C(=O)CC1CCN(C(N)=O)CC1.S=S=S=S=S=S=S=S=S=S=S=S=S=S=S=S=S=S=S=S=S=S=S=S=S=S=S=S=S=S=S=S=S=S=S=S=S=S=S=S=S=S=S=S=S=S=S=S=S=S=S=S=S=S=S=S=S=S=S. The maximum absolute atomic E-state index is 13.6. The first kappa shape index (κ1) is 103. The third-order valence-electron chi connectivity index (χ3n) is 9.59. The number of urea groups is 1. The topological polar surface area (TPSA) is 79.1 Å². The Morgan fingerprint density at radius 1 is 0.424 bits per heavy atom. The van der Waals surface area contributed by atoms with Gasteiger partial charge in [-0.3, -0.25) is 9.69 Å². The highest BCUT2D eigenvalue weighted by Crippen LogP contribution is 2.37. The largest absolute Gasteiger partial charge is 0.573 e. The summed E-state index contributed by atoms with van der Waals surface area (Å²) in [6, 6.07) is 15.3. The summed E-state index contributed by atoms with van der Waals surface area (Å²) in [6.45, 7) is 9.35. The minimum Gasteiger partial charge on any atom is -0.406 e. The van der Waals surface area contributed by atoms with E-state index in [9.17, 15) is 22.8 Å². The molecule has 4 rings (SSSR count). The molecular weight excluding hydrogens is 2410 g/mol. The van der Waals surface area contributed by atoms with E-state index in [0.717, 1.165) is 24.0 Å². The molecular formula is C30H39F3N4O3S59. The summed E-state index contributed by atoms with van der Waals surface area (Å²) < 4.78 is 42.3. The van der Waals surface area contributed by atoms with Gasteiger partial charge in [-0.15, -0.1) is 13.2 Å². The fourth-order valence-electron chi connectivity index (χ4n) is 6.52. The third kappa shape index (κ3) is 59.9. The van der Waals surface area contributed by atoms with E-state index < -0.39 is 12.4 Å². The predicted octanol–water partition coefficient (Wildman–Crippen LogP) is 5.27. The highest BCUT2D eigenvalue weighted by atomic mass is 33.5. The van der Waals surface area contributed by atoms with Crippen LogP contribution in [0.1, 0.15) is 57.2 Å². The molecule has 2 aromatic carbocycles. The molecule has 0 radical (unpaired) electrons. The highest BCUT2D eigenvalue weighted by Gasteiger charge is 2.41. The number of alkyl halides is 3. The van der Waals surface area contributed by atoms with Crippen molar-refractivity contribution in [2.75, 3.05) is 32.7 Å². The molecule has 2 aliphatic rings. The van der Waals surface area contributed by atoms with Crippen molar-refractivity contribution in [2.24, 2.45) is 17.1 Å². The Bertz CT molecular complexity index is 5770. The standard InChI is InChI=1S/C30H39F3N4O3.S59/c1-29(2,3)25-20-36(17-18-37(25)26(38)19-21-13-15-35(16-14-21)28(34)39)27(22-7-5-4-6-8-22)23-9-11-24(12-10-23)40-30(31,32)33;1-3-5-7-9-11-13-15-17-19-21-23-25-27-29-31-33-35-37-39-41-43-45-47-49-51-53-55-57-59-58-56-54-52-50-48-46-44-42-40-38-36-34-32-30-28-26-24-22-20-18-16-14-12-10-8-6-4-2/h4-12,21,25,27H,13-20H2,1-3H3,(H2,34,39);/t25-,27?;/m1./s1. The van der Waals surface area contributed by atoms with E-state index >= 15 is 0 Å². The van der Waals surface area contributed by atoms with Crippen molar-refractivity contribution in [3.8, 4) is 5.75 Å². The van der Waals surface area contributed by atoms with E-state index in [1.54, 1.807) is 124 Å². The number of halogens is 3. The lowest BCUT2D eigenvalue weighted by Gasteiger charge is -2.50. The number of piperidine rings is 1. The maximum atomic E-state index is 13.6. The Morgan fingerprint density at radius 3 is 0.949 bits per heavy atom. The molecule has 0 bridgehead atoms. The molecule has 69 heteroatoms. The average molecular weight is 2450 g/mol. The molecule has 0 saturated carbocycles. The van der Waals surface area contributed by atoms with Crippen LogP contribution in [0.15, 0.2) is 54.6 Å². The van der Waals surface area contributed by atoms with Crippen molar-refractivity contribution in [2.45, 2.75) is 58.5 Å². The number of hydrogen-bond acceptors (Lipinski definition) is 6. The molecule has 572 valence electrons. The molecule has 2 atom stereocenters. The van der Waals surface area contributed by atoms with Gasteiger partial charge < -0.3 is 20.3 Å². The van der Waals surface area contributed by atoms with Crippen LogP contribution in [0.4, 0.5) is 18.0 Å². The van der Waals surface area contributed by atoms with Gasteiger partial charge in [0, 0.05) is 574 Å².